The quantitative estimate of drug-likeness (QED) is 0.300. The molecule has 34 heavy (non-hydrogen) atoms. The number of anilines is 1. The largest absolute Gasteiger partial charge is 0.508 e. The number of aldehydes is 1. The molecule has 176 valence electrons. The summed E-state index contributed by atoms with van der Waals surface area (Å²) < 4.78 is 0. The molecule has 1 atom stereocenters. The number of imidazole rings is 1. The molecule has 0 radical (unpaired) electrons. The number of aromatic amines is 1. The van der Waals surface area contributed by atoms with Crippen molar-refractivity contribution in [2.75, 3.05) is 18.4 Å². The maximum atomic E-state index is 13.0. The third-order valence-electron chi connectivity index (χ3n) is 6.12. The molecule has 0 spiro atoms. The third-order valence-corrected chi connectivity index (χ3v) is 6.12. The third kappa shape index (κ3) is 5.11. The minimum absolute atomic E-state index is 0.00117. The van der Waals surface area contributed by atoms with Crippen molar-refractivity contribution in [3.05, 3.63) is 78.4 Å². The highest BCUT2D eigenvalue weighted by Crippen LogP contribution is 2.25. The average molecular weight is 460 g/mol. The van der Waals surface area contributed by atoms with Crippen LogP contribution in [0.15, 0.2) is 61.4 Å². The van der Waals surface area contributed by atoms with Gasteiger partial charge in [0.15, 0.2) is 6.17 Å². The Morgan fingerprint density at radius 2 is 1.97 bits per heavy atom. The average Bonchev–Trinajstić information content (AvgIpc) is 3.34. The van der Waals surface area contributed by atoms with Crippen LogP contribution in [-0.4, -0.2) is 45.3 Å². The number of phenols is 1. The molecular formula is C26H29N5O3. The lowest BCUT2D eigenvalue weighted by Gasteiger charge is -2.30. The fraction of sp³-hybridized carbons (Fsp3) is 0.269. The highest BCUT2D eigenvalue weighted by molar-refractivity contribution is 5.96. The van der Waals surface area contributed by atoms with E-state index in [0.29, 0.717) is 24.5 Å². The van der Waals surface area contributed by atoms with Gasteiger partial charge in [0.1, 0.15) is 17.9 Å². The summed E-state index contributed by atoms with van der Waals surface area (Å²) >= 11 is 0. The SMILES string of the molecule is C=CNC(Nc1ccc(C(=O)N2CCC(C=O)CC2)c(C)c1)c1ncc(-c2ccc(O)cc2)[nH]1. The van der Waals surface area contributed by atoms with E-state index < -0.39 is 0 Å². The Morgan fingerprint density at radius 3 is 2.62 bits per heavy atom. The van der Waals surface area contributed by atoms with E-state index in [9.17, 15) is 14.7 Å². The normalized spacial score (nSPS) is 14.9. The summed E-state index contributed by atoms with van der Waals surface area (Å²) in [6, 6.07) is 12.5. The molecule has 4 N–H and O–H groups in total. The van der Waals surface area contributed by atoms with Gasteiger partial charge in [-0.1, -0.05) is 6.58 Å². The smallest absolute Gasteiger partial charge is 0.254 e. The number of nitrogens with one attached hydrogen (secondary N) is 3. The summed E-state index contributed by atoms with van der Waals surface area (Å²) in [4.78, 5) is 33.6. The monoisotopic (exact) mass is 459 g/mol. The molecule has 1 aromatic heterocycles. The van der Waals surface area contributed by atoms with Crippen LogP contribution in [0.2, 0.25) is 0 Å². The predicted octanol–water partition coefficient (Wildman–Crippen LogP) is 3.99. The van der Waals surface area contributed by atoms with Gasteiger partial charge >= 0.3 is 0 Å². The minimum atomic E-state index is -0.369. The first-order valence-electron chi connectivity index (χ1n) is 11.3. The number of aromatic nitrogens is 2. The molecule has 2 heterocycles. The number of aryl methyl sites for hydroxylation is 1. The van der Waals surface area contributed by atoms with E-state index in [1.807, 2.05) is 42.2 Å². The molecule has 4 rings (SSSR count). The van der Waals surface area contributed by atoms with Crippen molar-refractivity contribution in [2.45, 2.75) is 25.9 Å². The molecule has 8 nitrogen and oxygen atoms in total. The predicted molar refractivity (Wildman–Crippen MR) is 131 cm³/mol. The van der Waals surface area contributed by atoms with E-state index >= 15 is 0 Å². The molecule has 8 heteroatoms. The van der Waals surface area contributed by atoms with E-state index in [2.05, 4.69) is 27.2 Å². The number of hydrogen-bond donors (Lipinski definition) is 4. The molecule has 1 aliphatic heterocycles. The van der Waals surface area contributed by atoms with Crippen molar-refractivity contribution < 1.29 is 14.7 Å². The number of nitrogens with zero attached hydrogens (tertiary/aromatic N) is 2. The summed E-state index contributed by atoms with van der Waals surface area (Å²) in [7, 11) is 0. The lowest BCUT2D eigenvalue weighted by molar-refractivity contribution is -0.112. The van der Waals surface area contributed by atoms with Crippen LogP contribution in [-0.2, 0) is 4.79 Å². The zero-order valence-electron chi connectivity index (χ0n) is 19.1. The van der Waals surface area contributed by atoms with Crippen molar-refractivity contribution in [1.82, 2.24) is 20.2 Å². The first kappa shape index (κ1) is 23.1. The number of amides is 1. The summed E-state index contributed by atoms with van der Waals surface area (Å²) in [5, 5.41) is 16.1. The molecule has 1 unspecified atom stereocenters. The Morgan fingerprint density at radius 1 is 1.24 bits per heavy atom. The van der Waals surface area contributed by atoms with E-state index in [-0.39, 0.29) is 23.7 Å². The number of likely N-dealkylation sites (tertiary alicyclic amines) is 1. The van der Waals surface area contributed by atoms with Crippen molar-refractivity contribution >= 4 is 17.9 Å². The number of carbonyl (C=O) groups is 2. The second-order valence-electron chi connectivity index (χ2n) is 8.47. The van der Waals surface area contributed by atoms with Crippen molar-refractivity contribution in [3.63, 3.8) is 0 Å². The number of carbonyl (C=O) groups excluding carboxylic acids is 2. The summed E-state index contributed by atoms with van der Waals surface area (Å²) in [6.45, 7) is 6.90. The fourth-order valence-electron chi connectivity index (χ4n) is 4.15. The number of aromatic hydroxyl groups is 1. The zero-order chi connectivity index (χ0) is 24.1. The van der Waals surface area contributed by atoms with Gasteiger partial charge in [-0.25, -0.2) is 4.98 Å². The molecule has 0 aliphatic carbocycles. The standard InChI is InChI=1S/C26H29N5O3/c1-3-27-24(25-28-15-23(30-25)19-4-7-21(33)8-5-19)29-20-6-9-22(17(2)14-20)26(34)31-12-10-18(16-32)11-13-31/h3-9,14-16,18,24,27,29,33H,1,10-13H2,2H3,(H,28,30). The first-order chi connectivity index (χ1) is 16.5. The van der Waals surface area contributed by atoms with E-state index in [1.54, 1.807) is 24.5 Å². The number of H-pyrrole nitrogens is 1. The second-order valence-corrected chi connectivity index (χ2v) is 8.47. The fourth-order valence-corrected chi connectivity index (χ4v) is 4.15. The Bertz CT molecular complexity index is 1160. The van der Waals surface area contributed by atoms with Crippen LogP contribution in [0.1, 0.15) is 40.8 Å². The Labute approximate surface area is 198 Å². The van der Waals surface area contributed by atoms with Gasteiger partial charge in [0, 0.05) is 30.3 Å². The summed E-state index contributed by atoms with van der Waals surface area (Å²) in [6.07, 6.45) is 5.40. The number of piperidine rings is 1. The molecule has 1 fully saturated rings. The Balaban J connectivity index is 1.47. The van der Waals surface area contributed by atoms with Gasteiger partial charge in [-0.3, -0.25) is 4.79 Å². The molecule has 0 bridgehead atoms. The molecular weight excluding hydrogens is 430 g/mol. The highest BCUT2D eigenvalue weighted by Gasteiger charge is 2.24. The van der Waals surface area contributed by atoms with Gasteiger partial charge in [-0.2, -0.15) is 0 Å². The zero-order valence-corrected chi connectivity index (χ0v) is 19.1. The van der Waals surface area contributed by atoms with Crippen LogP contribution < -0.4 is 10.6 Å². The van der Waals surface area contributed by atoms with Gasteiger partial charge in [0.25, 0.3) is 5.91 Å². The van der Waals surface area contributed by atoms with Crippen molar-refractivity contribution in [3.8, 4) is 17.0 Å². The van der Waals surface area contributed by atoms with E-state index in [1.165, 1.54) is 0 Å². The summed E-state index contributed by atoms with van der Waals surface area (Å²) in [5.74, 6) is 0.929. The van der Waals surface area contributed by atoms with Crippen LogP contribution in [0.3, 0.4) is 0 Å². The molecule has 0 saturated carbocycles. The first-order valence-corrected chi connectivity index (χ1v) is 11.3. The molecule has 1 amide bonds. The van der Waals surface area contributed by atoms with Crippen LogP contribution in [0, 0.1) is 12.8 Å². The van der Waals surface area contributed by atoms with Crippen LogP contribution in [0.25, 0.3) is 11.3 Å². The number of benzene rings is 2. The molecule has 1 saturated heterocycles. The van der Waals surface area contributed by atoms with Gasteiger partial charge in [0.05, 0.1) is 11.9 Å². The van der Waals surface area contributed by atoms with E-state index in [0.717, 1.165) is 41.6 Å². The van der Waals surface area contributed by atoms with Gasteiger partial charge in [-0.15, -0.1) is 0 Å². The minimum Gasteiger partial charge on any atom is -0.508 e. The molecule has 3 aromatic rings. The number of hydrogen-bond acceptors (Lipinski definition) is 6. The van der Waals surface area contributed by atoms with E-state index in [4.69, 9.17) is 0 Å². The lowest BCUT2D eigenvalue weighted by Crippen LogP contribution is -2.39. The van der Waals surface area contributed by atoms with Gasteiger partial charge < -0.3 is 30.4 Å². The number of phenolic OH excluding ortho intramolecular Hbond substituents is 1. The molecule has 2 aromatic carbocycles. The van der Waals surface area contributed by atoms with Gasteiger partial charge in [0.2, 0.25) is 0 Å². The lowest BCUT2D eigenvalue weighted by atomic mass is 9.97. The Kier molecular flexibility index (Phi) is 6.96. The Hall–Kier alpha value is -4.07. The number of rotatable bonds is 8. The van der Waals surface area contributed by atoms with Crippen molar-refractivity contribution in [1.29, 1.82) is 0 Å². The maximum absolute atomic E-state index is 13.0. The van der Waals surface area contributed by atoms with Crippen molar-refractivity contribution in [2.24, 2.45) is 5.92 Å². The summed E-state index contributed by atoms with van der Waals surface area (Å²) in [5.41, 5.74) is 4.09. The molecule has 1 aliphatic rings. The van der Waals surface area contributed by atoms with Crippen LogP contribution >= 0.6 is 0 Å². The van der Waals surface area contributed by atoms with Crippen LogP contribution in [0.4, 0.5) is 5.69 Å². The second kappa shape index (κ2) is 10.2. The highest BCUT2D eigenvalue weighted by atomic mass is 16.3. The van der Waals surface area contributed by atoms with Crippen LogP contribution in [0.5, 0.6) is 5.75 Å². The topological polar surface area (TPSA) is 110 Å². The van der Waals surface area contributed by atoms with Gasteiger partial charge in [-0.05, 0) is 79.6 Å². The maximum Gasteiger partial charge on any atom is 0.254 e.